The minimum absolute atomic E-state index is 0.139. The molecule has 1 aromatic carbocycles. The second-order valence-electron chi connectivity index (χ2n) is 6.75. The van der Waals surface area contributed by atoms with Gasteiger partial charge in [0.05, 0.1) is 18.4 Å². The first-order valence-electron chi connectivity index (χ1n) is 8.98. The van der Waals surface area contributed by atoms with Gasteiger partial charge in [-0.1, -0.05) is 12.1 Å². The minimum Gasteiger partial charge on any atom is -0.481 e. The number of sulfonamides is 1. The van der Waals surface area contributed by atoms with Crippen molar-refractivity contribution in [2.45, 2.75) is 17.7 Å². The third-order valence-electron chi connectivity index (χ3n) is 4.93. The molecule has 0 aliphatic carbocycles. The summed E-state index contributed by atoms with van der Waals surface area (Å²) in [5, 5.41) is 3.14. The number of nitrogens with zero attached hydrogens (tertiary/aromatic N) is 3. The number of amides is 1. The highest BCUT2D eigenvalue weighted by atomic mass is 32.2. The number of rotatable bonds is 3. The Morgan fingerprint density at radius 3 is 2.82 bits per heavy atom. The van der Waals surface area contributed by atoms with Gasteiger partial charge in [-0.25, -0.2) is 4.98 Å². The van der Waals surface area contributed by atoms with Crippen molar-refractivity contribution in [1.29, 1.82) is 0 Å². The number of ether oxygens (including phenoxy) is 1. The fourth-order valence-corrected chi connectivity index (χ4v) is 4.71. The number of amidine groups is 1. The number of aromatic nitrogens is 1. The van der Waals surface area contributed by atoms with Crippen LogP contribution in [0.1, 0.15) is 23.2 Å². The molecule has 0 unspecified atom stereocenters. The first-order valence-corrected chi connectivity index (χ1v) is 10.4. The second-order valence-corrected chi connectivity index (χ2v) is 8.32. The molecule has 1 fully saturated rings. The first-order chi connectivity index (χ1) is 13.5. The molecule has 0 spiro atoms. The molecule has 1 atom stereocenters. The molecule has 1 saturated heterocycles. The van der Waals surface area contributed by atoms with Crippen LogP contribution in [0.2, 0.25) is 0 Å². The van der Waals surface area contributed by atoms with Gasteiger partial charge in [0.15, 0.2) is 0 Å². The summed E-state index contributed by atoms with van der Waals surface area (Å²) in [5.74, 6) is 0.522. The molecule has 2 aliphatic heterocycles. The van der Waals surface area contributed by atoms with Crippen molar-refractivity contribution in [2.24, 2.45) is 10.3 Å². The SMILES string of the molecule is COc1ccc(C(=O)N2CCC[C@@H](C3=NS(=O)(=O)c4ccccc4N3)C2)cn1. The highest BCUT2D eigenvalue weighted by Crippen LogP contribution is 2.30. The van der Waals surface area contributed by atoms with Crippen LogP contribution < -0.4 is 10.1 Å². The molecular weight excluding hydrogens is 380 g/mol. The summed E-state index contributed by atoms with van der Waals surface area (Å²) in [4.78, 5) is 18.8. The number of benzene rings is 1. The number of hydrogen-bond acceptors (Lipinski definition) is 6. The number of pyridine rings is 1. The molecule has 1 N–H and O–H groups in total. The largest absolute Gasteiger partial charge is 0.481 e. The van der Waals surface area contributed by atoms with E-state index in [1.807, 2.05) is 0 Å². The maximum Gasteiger partial charge on any atom is 0.286 e. The molecular formula is C19H20N4O4S. The monoisotopic (exact) mass is 400 g/mol. The molecule has 2 aliphatic rings. The zero-order valence-corrected chi connectivity index (χ0v) is 16.1. The standard InChI is InChI=1S/C19H20N4O4S/c1-27-17-9-8-13(11-20-17)19(24)23-10-4-5-14(12-23)18-21-15-6-2-3-7-16(15)28(25,26)22-18/h2-3,6-9,11,14H,4-5,10,12H2,1H3,(H,21,22)/t14-/m1/s1. The molecule has 0 saturated carbocycles. The second kappa shape index (κ2) is 7.23. The zero-order chi connectivity index (χ0) is 19.7. The molecule has 0 radical (unpaired) electrons. The predicted octanol–water partition coefficient (Wildman–Crippen LogP) is 2.16. The average Bonchev–Trinajstić information content (AvgIpc) is 2.73. The number of carbonyl (C=O) groups is 1. The van der Waals surface area contributed by atoms with E-state index in [9.17, 15) is 13.2 Å². The number of piperidine rings is 1. The Labute approximate surface area is 163 Å². The number of nitrogens with one attached hydrogen (secondary N) is 1. The van der Waals surface area contributed by atoms with Crippen LogP contribution in [-0.2, 0) is 10.0 Å². The topological polar surface area (TPSA) is 101 Å². The van der Waals surface area contributed by atoms with Crippen LogP contribution >= 0.6 is 0 Å². The van der Waals surface area contributed by atoms with Crippen molar-refractivity contribution in [3.63, 3.8) is 0 Å². The van der Waals surface area contributed by atoms with Crippen LogP contribution in [0.15, 0.2) is 51.9 Å². The van der Waals surface area contributed by atoms with Crippen molar-refractivity contribution >= 4 is 27.5 Å². The molecule has 1 aromatic heterocycles. The van der Waals surface area contributed by atoms with Gasteiger partial charge in [-0.05, 0) is 31.0 Å². The van der Waals surface area contributed by atoms with Crippen molar-refractivity contribution in [1.82, 2.24) is 9.88 Å². The molecule has 8 nitrogen and oxygen atoms in total. The lowest BCUT2D eigenvalue weighted by molar-refractivity contribution is 0.0702. The van der Waals surface area contributed by atoms with Crippen molar-refractivity contribution in [2.75, 3.05) is 25.5 Å². The highest BCUT2D eigenvalue weighted by molar-refractivity contribution is 7.90. The van der Waals surface area contributed by atoms with Gasteiger partial charge >= 0.3 is 0 Å². The highest BCUT2D eigenvalue weighted by Gasteiger charge is 2.32. The van der Waals surface area contributed by atoms with Crippen molar-refractivity contribution in [3.8, 4) is 5.88 Å². The van der Waals surface area contributed by atoms with E-state index in [1.165, 1.54) is 19.4 Å². The third-order valence-corrected chi connectivity index (χ3v) is 6.28. The maximum atomic E-state index is 12.8. The molecule has 2 aromatic rings. The number of likely N-dealkylation sites (tertiary alicyclic amines) is 1. The molecule has 1 amide bonds. The normalized spacial score (nSPS) is 20.5. The molecule has 28 heavy (non-hydrogen) atoms. The zero-order valence-electron chi connectivity index (χ0n) is 15.3. The van der Waals surface area contributed by atoms with E-state index < -0.39 is 10.0 Å². The molecule has 3 heterocycles. The number of methoxy groups -OCH3 is 1. The minimum atomic E-state index is -3.74. The first kappa shape index (κ1) is 18.4. The fraction of sp³-hybridized carbons (Fsp3) is 0.316. The van der Waals surface area contributed by atoms with Crippen LogP contribution in [0.4, 0.5) is 5.69 Å². The van der Waals surface area contributed by atoms with Crippen molar-refractivity contribution in [3.05, 3.63) is 48.2 Å². The Bertz CT molecular complexity index is 1030. The van der Waals surface area contributed by atoms with Gasteiger partial charge < -0.3 is 15.0 Å². The van der Waals surface area contributed by atoms with Crippen LogP contribution in [0.25, 0.3) is 0 Å². The van der Waals surface area contributed by atoms with Crippen LogP contribution in [0.5, 0.6) is 5.88 Å². The van der Waals surface area contributed by atoms with E-state index in [-0.39, 0.29) is 16.7 Å². The van der Waals surface area contributed by atoms with Crippen LogP contribution in [-0.4, -0.2) is 50.2 Å². The van der Waals surface area contributed by atoms with E-state index in [0.717, 1.165) is 12.8 Å². The lowest BCUT2D eigenvalue weighted by Crippen LogP contribution is -2.44. The Hall–Kier alpha value is -2.94. The van der Waals surface area contributed by atoms with Gasteiger partial charge in [-0.3, -0.25) is 4.79 Å². The van der Waals surface area contributed by atoms with E-state index in [1.54, 1.807) is 35.2 Å². The van der Waals surface area contributed by atoms with Gasteiger partial charge in [0.2, 0.25) is 5.88 Å². The molecule has 4 rings (SSSR count). The van der Waals surface area contributed by atoms with E-state index in [2.05, 4.69) is 14.7 Å². The summed E-state index contributed by atoms with van der Waals surface area (Å²) in [6.45, 7) is 1.01. The number of carbonyl (C=O) groups excluding carboxylic acids is 1. The summed E-state index contributed by atoms with van der Waals surface area (Å²) >= 11 is 0. The van der Waals surface area contributed by atoms with Gasteiger partial charge in [0, 0.05) is 31.3 Å². The molecule has 0 bridgehead atoms. The lowest BCUT2D eigenvalue weighted by atomic mass is 9.96. The average molecular weight is 400 g/mol. The van der Waals surface area contributed by atoms with E-state index in [4.69, 9.17) is 4.74 Å². The summed E-state index contributed by atoms with van der Waals surface area (Å²) < 4.78 is 34.0. The number of anilines is 1. The number of fused-ring (bicyclic) bond motifs is 1. The summed E-state index contributed by atoms with van der Waals surface area (Å²) in [6, 6.07) is 10.0. The molecule has 146 valence electrons. The maximum absolute atomic E-state index is 12.8. The molecule has 9 heteroatoms. The quantitative estimate of drug-likeness (QED) is 0.847. The van der Waals surface area contributed by atoms with Crippen LogP contribution in [0.3, 0.4) is 0 Å². The number of para-hydroxylation sites is 1. The van der Waals surface area contributed by atoms with Crippen LogP contribution in [0, 0.1) is 5.92 Å². The Kier molecular flexibility index (Phi) is 4.76. The fourth-order valence-electron chi connectivity index (χ4n) is 3.51. The van der Waals surface area contributed by atoms with Crippen molar-refractivity contribution < 1.29 is 17.9 Å². The Balaban J connectivity index is 1.54. The lowest BCUT2D eigenvalue weighted by Gasteiger charge is -2.34. The van der Waals surface area contributed by atoms with Gasteiger partial charge in [0.25, 0.3) is 15.9 Å². The smallest absolute Gasteiger partial charge is 0.286 e. The van der Waals surface area contributed by atoms with E-state index >= 15 is 0 Å². The Morgan fingerprint density at radius 2 is 2.07 bits per heavy atom. The van der Waals surface area contributed by atoms with Gasteiger partial charge in [0.1, 0.15) is 10.7 Å². The van der Waals surface area contributed by atoms with Gasteiger partial charge in [-0.2, -0.15) is 8.42 Å². The third kappa shape index (κ3) is 3.45. The summed E-state index contributed by atoms with van der Waals surface area (Å²) in [5.41, 5.74) is 0.994. The number of hydrogen-bond donors (Lipinski definition) is 1. The van der Waals surface area contributed by atoms with E-state index in [0.29, 0.717) is 36.1 Å². The Morgan fingerprint density at radius 1 is 1.25 bits per heavy atom. The van der Waals surface area contributed by atoms with Gasteiger partial charge in [-0.15, -0.1) is 4.40 Å². The summed E-state index contributed by atoms with van der Waals surface area (Å²) in [6.07, 6.45) is 3.01. The summed E-state index contributed by atoms with van der Waals surface area (Å²) in [7, 11) is -2.22. The predicted molar refractivity (Wildman–Crippen MR) is 104 cm³/mol.